The van der Waals surface area contributed by atoms with Gasteiger partial charge < -0.3 is 10.1 Å². The number of aryl methyl sites for hydroxylation is 1. The lowest BCUT2D eigenvalue weighted by atomic mass is 9.91. The molecule has 0 aliphatic carbocycles. The van der Waals surface area contributed by atoms with Gasteiger partial charge in [0.15, 0.2) is 0 Å². The van der Waals surface area contributed by atoms with Crippen LogP contribution in [0.3, 0.4) is 0 Å². The summed E-state index contributed by atoms with van der Waals surface area (Å²) in [5, 5.41) is 3.30. The monoisotopic (exact) mass is 347 g/mol. The molecule has 0 radical (unpaired) electrons. The third-order valence-electron chi connectivity index (χ3n) is 3.67. The molecule has 3 heteroatoms. The molecule has 0 aromatic heterocycles. The van der Waals surface area contributed by atoms with E-state index in [0.717, 1.165) is 23.2 Å². The number of hydrogen-bond donors (Lipinski definition) is 1. The first-order valence-electron chi connectivity index (χ1n) is 7.17. The minimum absolute atomic E-state index is 0.420. The summed E-state index contributed by atoms with van der Waals surface area (Å²) in [6, 6.07) is 14.9. The largest absolute Gasteiger partial charge is 0.496 e. The van der Waals surface area contributed by atoms with E-state index in [9.17, 15) is 0 Å². The molecular weight excluding hydrogens is 326 g/mol. The predicted octanol–water partition coefficient (Wildman–Crippen LogP) is 4.31. The molecule has 0 spiro atoms. The summed E-state index contributed by atoms with van der Waals surface area (Å²) >= 11 is 3.56. The van der Waals surface area contributed by atoms with Crippen molar-refractivity contribution in [2.45, 2.75) is 19.3 Å². The first-order valence-corrected chi connectivity index (χ1v) is 7.97. The van der Waals surface area contributed by atoms with Gasteiger partial charge in [-0.1, -0.05) is 45.8 Å². The highest BCUT2D eigenvalue weighted by Crippen LogP contribution is 2.28. The normalized spacial score (nSPS) is 12.2. The molecule has 0 amide bonds. The van der Waals surface area contributed by atoms with Gasteiger partial charge in [0.1, 0.15) is 5.75 Å². The van der Waals surface area contributed by atoms with Crippen LogP contribution in [0.15, 0.2) is 46.9 Å². The van der Waals surface area contributed by atoms with Crippen LogP contribution in [0.25, 0.3) is 0 Å². The van der Waals surface area contributed by atoms with Gasteiger partial charge in [-0.15, -0.1) is 0 Å². The fourth-order valence-electron chi connectivity index (χ4n) is 2.65. The average Bonchev–Trinajstić information content (AvgIpc) is 2.47. The Morgan fingerprint density at radius 2 is 2.00 bits per heavy atom. The summed E-state index contributed by atoms with van der Waals surface area (Å²) in [6.45, 7) is 3.06. The molecule has 1 unspecified atom stereocenters. The zero-order chi connectivity index (χ0) is 15.2. The summed E-state index contributed by atoms with van der Waals surface area (Å²) in [5.74, 6) is 1.39. The smallest absolute Gasteiger partial charge is 0.122 e. The lowest BCUT2D eigenvalue weighted by Crippen LogP contribution is -2.19. The minimum Gasteiger partial charge on any atom is -0.496 e. The maximum atomic E-state index is 5.51. The van der Waals surface area contributed by atoms with Crippen molar-refractivity contribution in [2.24, 2.45) is 0 Å². The van der Waals surface area contributed by atoms with Crippen molar-refractivity contribution in [1.82, 2.24) is 5.32 Å². The summed E-state index contributed by atoms with van der Waals surface area (Å²) in [4.78, 5) is 0. The van der Waals surface area contributed by atoms with Gasteiger partial charge in [-0.05, 0) is 49.7 Å². The van der Waals surface area contributed by atoms with Crippen molar-refractivity contribution in [3.8, 4) is 5.75 Å². The Hall–Kier alpha value is -1.32. The number of benzene rings is 2. The van der Waals surface area contributed by atoms with Crippen molar-refractivity contribution in [3.63, 3.8) is 0 Å². The quantitative estimate of drug-likeness (QED) is 0.840. The van der Waals surface area contributed by atoms with Crippen molar-refractivity contribution < 1.29 is 4.74 Å². The number of nitrogens with one attached hydrogen (secondary N) is 1. The number of methoxy groups -OCH3 is 1. The predicted molar refractivity (Wildman–Crippen MR) is 92.2 cm³/mol. The molecule has 112 valence electrons. The van der Waals surface area contributed by atoms with Crippen molar-refractivity contribution in [1.29, 1.82) is 0 Å². The van der Waals surface area contributed by atoms with E-state index in [2.05, 4.69) is 70.6 Å². The van der Waals surface area contributed by atoms with Crippen LogP contribution in [-0.4, -0.2) is 20.7 Å². The van der Waals surface area contributed by atoms with E-state index in [0.29, 0.717) is 5.92 Å². The molecule has 1 N–H and O–H groups in total. The van der Waals surface area contributed by atoms with Crippen LogP contribution in [-0.2, 0) is 6.42 Å². The molecule has 2 nitrogen and oxygen atoms in total. The third-order valence-corrected chi connectivity index (χ3v) is 4.17. The minimum atomic E-state index is 0.420. The molecule has 0 fully saturated rings. The Balaban J connectivity index is 2.30. The van der Waals surface area contributed by atoms with Gasteiger partial charge >= 0.3 is 0 Å². The lowest BCUT2D eigenvalue weighted by Gasteiger charge is -2.19. The van der Waals surface area contributed by atoms with E-state index in [1.54, 1.807) is 7.11 Å². The van der Waals surface area contributed by atoms with Gasteiger partial charge in [0.25, 0.3) is 0 Å². The second-order valence-electron chi connectivity index (χ2n) is 5.33. The van der Waals surface area contributed by atoms with E-state index in [1.165, 1.54) is 16.7 Å². The first kappa shape index (κ1) is 16.1. The molecular formula is C18H22BrNO. The molecule has 0 aliphatic heterocycles. The highest BCUT2D eigenvalue weighted by atomic mass is 79.9. The molecule has 0 saturated carbocycles. The summed E-state index contributed by atoms with van der Waals surface area (Å²) in [6.07, 6.45) is 0.960. The molecule has 21 heavy (non-hydrogen) atoms. The Morgan fingerprint density at radius 1 is 1.19 bits per heavy atom. The van der Waals surface area contributed by atoms with Crippen molar-refractivity contribution in [2.75, 3.05) is 20.7 Å². The number of halogens is 1. The number of rotatable bonds is 6. The molecule has 0 saturated heterocycles. The van der Waals surface area contributed by atoms with Gasteiger partial charge in [-0.3, -0.25) is 0 Å². The summed E-state index contributed by atoms with van der Waals surface area (Å²) in [7, 11) is 3.73. The highest BCUT2D eigenvalue weighted by molar-refractivity contribution is 9.10. The maximum Gasteiger partial charge on any atom is 0.122 e. The van der Waals surface area contributed by atoms with Crippen LogP contribution in [0.2, 0.25) is 0 Å². The lowest BCUT2D eigenvalue weighted by molar-refractivity contribution is 0.407. The Kier molecular flexibility index (Phi) is 5.83. The fraction of sp³-hybridized carbons (Fsp3) is 0.333. The van der Waals surface area contributed by atoms with Crippen LogP contribution >= 0.6 is 15.9 Å². The third kappa shape index (κ3) is 4.32. The van der Waals surface area contributed by atoms with E-state index < -0.39 is 0 Å². The zero-order valence-electron chi connectivity index (χ0n) is 12.8. The summed E-state index contributed by atoms with van der Waals surface area (Å²) in [5.41, 5.74) is 3.86. The second-order valence-corrected chi connectivity index (χ2v) is 6.24. The molecule has 2 aromatic rings. The van der Waals surface area contributed by atoms with E-state index in [4.69, 9.17) is 4.74 Å². The zero-order valence-corrected chi connectivity index (χ0v) is 14.4. The van der Waals surface area contributed by atoms with E-state index in [1.807, 2.05) is 7.05 Å². The average molecular weight is 348 g/mol. The summed E-state index contributed by atoms with van der Waals surface area (Å²) < 4.78 is 6.63. The molecule has 2 aromatic carbocycles. The Labute approximate surface area is 135 Å². The Morgan fingerprint density at radius 3 is 2.67 bits per heavy atom. The van der Waals surface area contributed by atoms with Gasteiger partial charge in [0.2, 0.25) is 0 Å². The van der Waals surface area contributed by atoms with Gasteiger partial charge in [0.05, 0.1) is 7.11 Å². The van der Waals surface area contributed by atoms with Crippen LogP contribution < -0.4 is 10.1 Å². The van der Waals surface area contributed by atoms with Gasteiger partial charge in [-0.25, -0.2) is 0 Å². The molecule has 1 atom stereocenters. The molecule has 2 rings (SSSR count). The SMILES string of the molecule is CNCC(Cc1cc(C)ccc1OC)c1cccc(Br)c1. The van der Waals surface area contributed by atoms with E-state index in [-0.39, 0.29) is 0 Å². The number of hydrogen-bond acceptors (Lipinski definition) is 2. The van der Waals surface area contributed by atoms with Gasteiger partial charge in [-0.2, -0.15) is 0 Å². The molecule has 0 aliphatic rings. The van der Waals surface area contributed by atoms with Crippen LogP contribution in [0.5, 0.6) is 5.75 Å². The highest BCUT2D eigenvalue weighted by Gasteiger charge is 2.15. The van der Waals surface area contributed by atoms with Crippen molar-refractivity contribution in [3.05, 3.63) is 63.6 Å². The van der Waals surface area contributed by atoms with Crippen LogP contribution in [0.4, 0.5) is 0 Å². The fourth-order valence-corrected chi connectivity index (χ4v) is 3.06. The second kappa shape index (κ2) is 7.62. The standard InChI is InChI=1S/C18H22BrNO/c1-13-7-8-18(21-3)15(9-13)10-16(12-20-2)14-5-4-6-17(19)11-14/h4-9,11,16,20H,10,12H2,1-3H3. The first-order chi connectivity index (χ1) is 10.1. The van der Waals surface area contributed by atoms with Gasteiger partial charge in [0, 0.05) is 16.9 Å². The molecule has 0 bridgehead atoms. The Bertz CT molecular complexity index is 598. The van der Waals surface area contributed by atoms with Crippen LogP contribution in [0.1, 0.15) is 22.6 Å². The van der Waals surface area contributed by atoms with Crippen molar-refractivity contribution >= 4 is 15.9 Å². The maximum absolute atomic E-state index is 5.51. The van der Waals surface area contributed by atoms with E-state index >= 15 is 0 Å². The van der Waals surface area contributed by atoms with Crippen LogP contribution in [0, 0.1) is 6.92 Å². The number of ether oxygens (including phenoxy) is 1. The topological polar surface area (TPSA) is 21.3 Å². The number of likely N-dealkylation sites (N-methyl/N-ethyl adjacent to an activating group) is 1. The molecule has 0 heterocycles.